The number of amides is 1. The molecule has 0 aliphatic carbocycles. The summed E-state index contributed by atoms with van der Waals surface area (Å²) in [5.74, 6) is 0.427. The maximum Gasteiger partial charge on any atom is 0.262 e. The maximum absolute atomic E-state index is 11.9. The molecule has 0 saturated heterocycles. The molecule has 2 aromatic carbocycles. The van der Waals surface area contributed by atoms with Crippen LogP contribution in [0.3, 0.4) is 0 Å². The van der Waals surface area contributed by atoms with Gasteiger partial charge in [-0.05, 0) is 49.2 Å². The Hall–Kier alpha value is -2.20. The molecular formula is C16H17ClN2O2. The van der Waals surface area contributed by atoms with E-state index in [0.717, 1.165) is 11.1 Å². The molecule has 2 rings (SSSR count). The molecule has 21 heavy (non-hydrogen) atoms. The Morgan fingerprint density at radius 1 is 1.29 bits per heavy atom. The van der Waals surface area contributed by atoms with Crippen molar-refractivity contribution in [2.24, 2.45) is 0 Å². The average Bonchev–Trinajstić information content (AvgIpc) is 2.43. The smallest absolute Gasteiger partial charge is 0.262 e. The lowest BCUT2D eigenvalue weighted by atomic mass is 10.1. The Balaban J connectivity index is 1.97. The van der Waals surface area contributed by atoms with Crippen molar-refractivity contribution in [1.29, 1.82) is 0 Å². The van der Waals surface area contributed by atoms with Crippen LogP contribution in [0.4, 0.5) is 11.4 Å². The highest BCUT2D eigenvalue weighted by Crippen LogP contribution is 2.24. The quantitative estimate of drug-likeness (QED) is 0.849. The Morgan fingerprint density at radius 3 is 2.76 bits per heavy atom. The summed E-state index contributed by atoms with van der Waals surface area (Å²) in [5.41, 5.74) is 8.81. The first-order chi connectivity index (χ1) is 9.97. The lowest BCUT2D eigenvalue weighted by Gasteiger charge is -2.11. The van der Waals surface area contributed by atoms with E-state index in [1.54, 1.807) is 18.2 Å². The standard InChI is InChI=1S/C16H17ClN2O2/c1-10-4-3-5-15(11(10)2)21-9-16(20)19-14-7-6-12(18)8-13(14)17/h3-8H,9,18H2,1-2H3,(H,19,20). The van der Waals surface area contributed by atoms with Gasteiger partial charge in [-0.25, -0.2) is 0 Å². The largest absolute Gasteiger partial charge is 0.483 e. The molecule has 0 aliphatic rings. The molecule has 4 nitrogen and oxygen atoms in total. The molecule has 110 valence electrons. The van der Waals surface area contributed by atoms with E-state index in [9.17, 15) is 4.79 Å². The number of anilines is 2. The van der Waals surface area contributed by atoms with Gasteiger partial charge in [0.05, 0.1) is 10.7 Å². The topological polar surface area (TPSA) is 64.3 Å². The Bertz CT molecular complexity index is 671. The van der Waals surface area contributed by atoms with Gasteiger partial charge >= 0.3 is 0 Å². The van der Waals surface area contributed by atoms with Crippen molar-refractivity contribution in [1.82, 2.24) is 0 Å². The van der Waals surface area contributed by atoms with Gasteiger partial charge in [0, 0.05) is 5.69 Å². The molecule has 0 bridgehead atoms. The third kappa shape index (κ3) is 3.89. The Kier molecular flexibility index (Phi) is 4.70. The zero-order valence-electron chi connectivity index (χ0n) is 11.9. The third-order valence-corrected chi connectivity index (χ3v) is 3.49. The third-order valence-electron chi connectivity index (χ3n) is 3.18. The summed E-state index contributed by atoms with van der Waals surface area (Å²) in [6.07, 6.45) is 0. The number of benzene rings is 2. The van der Waals surface area contributed by atoms with Crippen LogP contribution in [0.25, 0.3) is 0 Å². The fourth-order valence-corrected chi connectivity index (χ4v) is 2.08. The van der Waals surface area contributed by atoms with Crippen LogP contribution in [-0.4, -0.2) is 12.5 Å². The number of halogens is 1. The van der Waals surface area contributed by atoms with Gasteiger partial charge in [-0.1, -0.05) is 23.7 Å². The number of carbonyl (C=O) groups excluding carboxylic acids is 1. The molecule has 2 aromatic rings. The summed E-state index contributed by atoms with van der Waals surface area (Å²) in [4.78, 5) is 11.9. The predicted octanol–water partition coefficient (Wildman–Crippen LogP) is 3.56. The van der Waals surface area contributed by atoms with Crippen molar-refractivity contribution < 1.29 is 9.53 Å². The first-order valence-corrected chi connectivity index (χ1v) is 6.89. The number of rotatable bonds is 4. The predicted molar refractivity (Wildman–Crippen MR) is 85.9 cm³/mol. The van der Waals surface area contributed by atoms with E-state index < -0.39 is 0 Å². The normalized spacial score (nSPS) is 10.2. The zero-order valence-corrected chi connectivity index (χ0v) is 12.7. The van der Waals surface area contributed by atoms with Gasteiger partial charge in [0.15, 0.2) is 6.61 Å². The van der Waals surface area contributed by atoms with Gasteiger partial charge < -0.3 is 15.8 Å². The summed E-state index contributed by atoms with van der Waals surface area (Å²) in [6, 6.07) is 10.7. The van der Waals surface area contributed by atoms with Crippen LogP contribution in [0.15, 0.2) is 36.4 Å². The molecule has 0 unspecified atom stereocenters. The van der Waals surface area contributed by atoms with Crippen molar-refractivity contribution in [3.05, 3.63) is 52.5 Å². The van der Waals surface area contributed by atoms with Gasteiger partial charge in [0.25, 0.3) is 5.91 Å². The van der Waals surface area contributed by atoms with Gasteiger partial charge in [0.2, 0.25) is 0 Å². The maximum atomic E-state index is 11.9. The molecule has 0 saturated carbocycles. The number of nitrogens with two attached hydrogens (primary N) is 1. The van der Waals surface area contributed by atoms with Crippen molar-refractivity contribution in [2.75, 3.05) is 17.7 Å². The molecule has 3 N–H and O–H groups in total. The zero-order chi connectivity index (χ0) is 15.4. The van der Waals surface area contributed by atoms with Crippen LogP contribution in [0.2, 0.25) is 5.02 Å². The van der Waals surface area contributed by atoms with Crippen LogP contribution < -0.4 is 15.8 Å². The van der Waals surface area contributed by atoms with E-state index in [4.69, 9.17) is 22.1 Å². The van der Waals surface area contributed by atoms with Crippen LogP contribution in [-0.2, 0) is 4.79 Å². The lowest BCUT2D eigenvalue weighted by Crippen LogP contribution is -2.20. The minimum absolute atomic E-state index is 0.0784. The SMILES string of the molecule is Cc1cccc(OCC(=O)Nc2ccc(N)cc2Cl)c1C. The summed E-state index contributed by atoms with van der Waals surface area (Å²) >= 11 is 6.00. The molecule has 0 aliphatic heterocycles. The van der Waals surface area contributed by atoms with E-state index in [1.807, 2.05) is 32.0 Å². The van der Waals surface area contributed by atoms with Crippen LogP contribution >= 0.6 is 11.6 Å². The number of ether oxygens (including phenoxy) is 1. The average molecular weight is 305 g/mol. The fourth-order valence-electron chi connectivity index (χ4n) is 1.84. The number of aryl methyl sites for hydroxylation is 1. The minimum atomic E-state index is -0.275. The molecule has 1 amide bonds. The highest BCUT2D eigenvalue weighted by molar-refractivity contribution is 6.34. The molecule has 5 heteroatoms. The van der Waals surface area contributed by atoms with Crippen LogP contribution in [0, 0.1) is 13.8 Å². The molecule has 0 fully saturated rings. The van der Waals surface area contributed by atoms with E-state index in [2.05, 4.69) is 5.32 Å². The summed E-state index contributed by atoms with van der Waals surface area (Å²) < 4.78 is 5.54. The number of hydrogen-bond donors (Lipinski definition) is 2. The number of nitrogens with one attached hydrogen (secondary N) is 1. The van der Waals surface area contributed by atoms with E-state index in [-0.39, 0.29) is 12.5 Å². The van der Waals surface area contributed by atoms with Crippen molar-refractivity contribution >= 4 is 28.9 Å². The Labute approximate surface area is 128 Å². The second-order valence-electron chi connectivity index (χ2n) is 4.77. The first kappa shape index (κ1) is 15.2. The van der Waals surface area contributed by atoms with Crippen molar-refractivity contribution in [2.45, 2.75) is 13.8 Å². The highest BCUT2D eigenvalue weighted by atomic mass is 35.5. The van der Waals surface area contributed by atoms with E-state index >= 15 is 0 Å². The minimum Gasteiger partial charge on any atom is -0.483 e. The number of hydrogen-bond acceptors (Lipinski definition) is 3. The van der Waals surface area contributed by atoms with Crippen LogP contribution in [0.5, 0.6) is 5.75 Å². The summed E-state index contributed by atoms with van der Waals surface area (Å²) in [7, 11) is 0. The number of nitrogen functional groups attached to an aromatic ring is 1. The van der Waals surface area contributed by atoms with Crippen molar-refractivity contribution in [3.8, 4) is 5.75 Å². The van der Waals surface area contributed by atoms with E-state index in [0.29, 0.717) is 22.1 Å². The second kappa shape index (κ2) is 6.50. The highest BCUT2D eigenvalue weighted by Gasteiger charge is 2.08. The Morgan fingerprint density at radius 2 is 2.05 bits per heavy atom. The summed E-state index contributed by atoms with van der Waals surface area (Å²) in [6.45, 7) is 3.88. The molecule has 0 heterocycles. The van der Waals surface area contributed by atoms with Crippen LogP contribution in [0.1, 0.15) is 11.1 Å². The monoisotopic (exact) mass is 304 g/mol. The molecule has 0 radical (unpaired) electrons. The van der Waals surface area contributed by atoms with Gasteiger partial charge in [-0.3, -0.25) is 4.79 Å². The molecule has 0 aromatic heterocycles. The van der Waals surface area contributed by atoms with Gasteiger partial charge in [0.1, 0.15) is 5.75 Å². The summed E-state index contributed by atoms with van der Waals surface area (Å²) in [5, 5.41) is 3.09. The lowest BCUT2D eigenvalue weighted by molar-refractivity contribution is -0.118. The second-order valence-corrected chi connectivity index (χ2v) is 5.18. The van der Waals surface area contributed by atoms with Crippen molar-refractivity contribution in [3.63, 3.8) is 0 Å². The van der Waals surface area contributed by atoms with E-state index in [1.165, 1.54) is 0 Å². The molecular weight excluding hydrogens is 288 g/mol. The molecule has 0 spiro atoms. The van der Waals surface area contributed by atoms with Gasteiger partial charge in [-0.15, -0.1) is 0 Å². The van der Waals surface area contributed by atoms with Gasteiger partial charge in [-0.2, -0.15) is 0 Å². The molecule has 0 atom stereocenters. The number of carbonyl (C=O) groups is 1. The first-order valence-electron chi connectivity index (χ1n) is 6.51. The fraction of sp³-hybridized carbons (Fsp3) is 0.188.